The number of halogens is 1. The molecule has 0 spiro atoms. The first-order valence-corrected chi connectivity index (χ1v) is 11.1. The van der Waals surface area contributed by atoms with Crippen molar-refractivity contribution >= 4 is 41.0 Å². The number of benzene rings is 2. The maximum Gasteiger partial charge on any atom is 0.313 e. The molecule has 0 N–H and O–H groups in total. The lowest BCUT2D eigenvalue weighted by atomic mass is 9.85. The number of nitro groups is 2. The van der Waals surface area contributed by atoms with E-state index in [1.54, 1.807) is 0 Å². The largest absolute Gasteiger partial charge is 0.481 e. The number of fused-ring (bicyclic) bond motifs is 5. The van der Waals surface area contributed by atoms with E-state index in [0.29, 0.717) is 5.56 Å². The van der Waals surface area contributed by atoms with E-state index in [9.17, 15) is 29.8 Å². The molecule has 2 fully saturated rings. The minimum Gasteiger partial charge on any atom is -0.481 e. The molecule has 2 aliphatic carbocycles. The van der Waals surface area contributed by atoms with Gasteiger partial charge < -0.3 is 4.74 Å². The highest BCUT2D eigenvalue weighted by molar-refractivity contribution is 6.31. The molecule has 1 heterocycles. The molecule has 12 heteroatoms. The van der Waals surface area contributed by atoms with Gasteiger partial charge in [-0.3, -0.25) is 29.8 Å². The van der Waals surface area contributed by atoms with E-state index in [-0.39, 0.29) is 40.5 Å². The molecule has 1 aliphatic heterocycles. The molecule has 1 saturated carbocycles. The lowest BCUT2D eigenvalue weighted by Gasteiger charge is -2.13. The van der Waals surface area contributed by atoms with E-state index in [4.69, 9.17) is 16.3 Å². The monoisotopic (exact) mass is 496 g/mol. The highest BCUT2D eigenvalue weighted by Crippen LogP contribution is 2.52. The number of allylic oxidation sites excluding steroid dienone is 2. The van der Waals surface area contributed by atoms with E-state index in [0.717, 1.165) is 23.7 Å². The third-order valence-corrected chi connectivity index (χ3v) is 6.77. The molecule has 2 amide bonds. The Bertz CT molecular complexity index is 1290. The first-order valence-electron chi connectivity index (χ1n) is 10.7. The zero-order valence-corrected chi connectivity index (χ0v) is 18.7. The van der Waals surface area contributed by atoms with Crippen molar-refractivity contribution in [1.82, 2.24) is 5.01 Å². The Kier molecular flexibility index (Phi) is 5.56. The van der Waals surface area contributed by atoms with Crippen LogP contribution in [0.3, 0.4) is 0 Å². The van der Waals surface area contributed by atoms with Gasteiger partial charge in [-0.05, 0) is 42.0 Å². The number of carbonyl (C=O) groups excluding carboxylic acids is 2. The molecule has 3 aliphatic rings. The number of rotatable bonds is 7. The molecule has 0 aromatic heterocycles. The predicted molar refractivity (Wildman–Crippen MR) is 123 cm³/mol. The van der Waals surface area contributed by atoms with Crippen LogP contribution < -0.4 is 4.74 Å². The van der Waals surface area contributed by atoms with E-state index < -0.39 is 39.2 Å². The number of imide groups is 1. The van der Waals surface area contributed by atoms with Gasteiger partial charge in [0.15, 0.2) is 0 Å². The Morgan fingerprint density at radius 1 is 1.03 bits per heavy atom. The van der Waals surface area contributed by atoms with E-state index in [1.165, 1.54) is 30.3 Å². The van der Waals surface area contributed by atoms with Gasteiger partial charge in [-0.1, -0.05) is 23.8 Å². The summed E-state index contributed by atoms with van der Waals surface area (Å²) in [5, 5.41) is 27.4. The standard InChI is InChI=1S/C23H17ClN4O7/c24-16-8-15(10-25-26-22(29)19-13-3-4-14(7-13)20(19)23(26)30)21(18(9-16)28(33)34)35-11-12-1-5-17(6-2-12)27(31)32/h1-6,8-10,13-14,19-20H,7,11H2/t13-,14-,19-,20+/m0/s1. The number of carbonyl (C=O) groups is 2. The second kappa shape index (κ2) is 8.58. The van der Waals surface area contributed by atoms with Crippen LogP contribution in [-0.2, 0) is 16.2 Å². The van der Waals surface area contributed by atoms with Crippen LogP contribution in [0.4, 0.5) is 11.4 Å². The number of hydrazone groups is 1. The zero-order valence-electron chi connectivity index (χ0n) is 17.9. The maximum absolute atomic E-state index is 12.9. The van der Waals surface area contributed by atoms with Crippen LogP contribution in [0.1, 0.15) is 17.5 Å². The molecule has 0 radical (unpaired) electrons. The summed E-state index contributed by atoms with van der Waals surface area (Å²) in [6.45, 7) is -0.137. The first-order chi connectivity index (χ1) is 16.7. The fraction of sp³-hybridized carbons (Fsp3) is 0.261. The summed E-state index contributed by atoms with van der Waals surface area (Å²) in [6.07, 6.45) is 5.87. The van der Waals surface area contributed by atoms with E-state index in [2.05, 4.69) is 5.10 Å². The fourth-order valence-electron chi connectivity index (χ4n) is 4.98. The predicted octanol–water partition coefficient (Wildman–Crippen LogP) is 3.88. The van der Waals surface area contributed by atoms with Crippen molar-refractivity contribution in [3.8, 4) is 5.75 Å². The second-order valence-electron chi connectivity index (χ2n) is 8.55. The van der Waals surface area contributed by atoms with Gasteiger partial charge in [-0.15, -0.1) is 0 Å². The first kappa shape index (κ1) is 22.7. The van der Waals surface area contributed by atoms with Crippen molar-refractivity contribution in [2.24, 2.45) is 28.8 Å². The zero-order chi connectivity index (χ0) is 24.9. The Hall–Kier alpha value is -4.12. The summed E-state index contributed by atoms with van der Waals surface area (Å²) in [4.78, 5) is 47.0. The van der Waals surface area contributed by atoms with Crippen LogP contribution >= 0.6 is 11.6 Å². The number of non-ortho nitro benzene ring substituents is 1. The lowest BCUT2D eigenvalue weighted by molar-refractivity contribution is -0.386. The van der Waals surface area contributed by atoms with Crippen molar-refractivity contribution in [3.05, 3.63) is 84.9 Å². The molecule has 178 valence electrons. The highest BCUT2D eigenvalue weighted by Gasteiger charge is 2.59. The average molecular weight is 497 g/mol. The number of nitro benzene ring substituents is 2. The van der Waals surface area contributed by atoms with Gasteiger partial charge in [0.05, 0.1) is 27.9 Å². The normalized spacial score (nSPS) is 24.4. The fourth-order valence-corrected chi connectivity index (χ4v) is 5.20. The molecule has 2 aromatic carbocycles. The Morgan fingerprint density at radius 3 is 2.23 bits per heavy atom. The molecule has 5 rings (SSSR count). The molecule has 11 nitrogen and oxygen atoms in total. The number of ether oxygens (including phenoxy) is 1. The summed E-state index contributed by atoms with van der Waals surface area (Å²) in [7, 11) is 0. The molecule has 2 aromatic rings. The highest BCUT2D eigenvalue weighted by atomic mass is 35.5. The van der Waals surface area contributed by atoms with Gasteiger partial charge >= 0.3 is 5.69 Å². The van der Waals surface area contributed by atoms with E-state index in [1.807, 2.05) is 12.2 Å². The Morgan fingerprint density at radius 2 is 1.66 bits per heavy atom. The van der Waals surface area contributed by atoms with Crippen molar-refractivity contribution in [1.29, 1.82) is 0 Å². The molecule has 4 atom stereocenters. The molecular formula is C23H17ClN4O7. The van der Waals surface area contributed by atoms with Crippen LogP contribution in [0.25, 0.3) is 0 Å². The minimum absolute atomic E-state index is 0.0227. The molecule has 2 bridgehead atoms. The van der Waals surface area contributed by atoms with Crippen LogP contribution in [0.5, 0.6) is 5.75 Å². The van der Waals surface area contributed by atoms with Crippen molar-refractivity contribution in [2.75, 3.05) is 0 Å². The molecule has 0 unspecified atom stereocenters. The molecule has 35 heavy (non-hydrogen) atoms. The Balaban J connectivity index is 1.42. The van der Waals surface area contributed by atoms with Crippen LogP contribution in [0.2, 0.25) is 5.02 Å². The van der Waals surface area contributed by atoms with Crippen molar-refractivity contribution < 1.29 is 24.2 Å². The number of hydrogen-bond donors (Lipinski definition) is 0. The smallest absolute Gasteiger partial charge is 0.313 e. The van der Waals surface area contributed by atoms with Gasteiger partial charge in [-0.25, -0.2) is 0 Å². The van der Waals surface area contributed by atoms with Gasteiger partial charge in [-0.2, -0.15) is 10.1 Å². The minimum atomic E-state index is -0.672. The number of nitrogens with zero attached hydrogens (tertiary/aromatic N) is 4. The van der Waals surface area contributed by atoms with Crippen LogP contribution in [0.15, 0.2) is 53.7 Å². The van der Waals surface area contributed by atoms with Gasteiger partial charge in [0.1, 0.15) is 6.61 Å². The lowest BCUT2D eigenvalue weighted by Crippen LogP contribution is -2.28. The molecular weight excluding hydrogens is 480 g/mol. The molecule has 1 saturated heterocycles. The summed E-state index contributed by atoms with van der Waals surface area (Å²) >= 11 is 6.07. The second-order valence-corrected chi connectivity index (χ2v) is 8.98. The topological polar surface area (TPSA) is 145 Å². The van der Waals surface area contributed by atoms with Gasteiger partial charge in [0, 0.05) is 28.8 Å². The van der Waals surface area contributed by atoms with Crippen LogP contribution in [-0.4, -0.2) is 32.9 Å². The summed E-state index contributed by atoms with van der Waals surface area (Å²) in [5.41, 5.74) is 0.0970. The SMILES string of the molecule is O=C1[C@@H]2[C@H](C(=O)N1N=Cc1cc(Cl)cc([N+](=O)[O-])c1OCc1ccc([N+](=O)[O-])cc1)[C@H]1C=C[C@H]2C1. The maximum atomic E-state index is 12.9. The van der Waals surface area contributed by atoms with Gasteiger partial charge in [0.2, 0.25) is 5.75 Å². The quantitative estimate of drug-likeness (QED) is 0.186. The third-order valence-electron chi connectivity index (χ3n) is 6.55. The number of amides is 2. The summed E-state index contributed by atoms with van der Waals surface area (Å²) in [5.74, 6) is -1.76. The van der Waals surface area contributed by atoms with Crippen LogP contribution in [0, 0.1) is 43.9 Å². The number of hydrogen-bond acceptors (Lipinski definition) is 8. The van der Waals surface area contributed by atoms with Crippen molar-refractivity contribution in [3.63, 3.8) is 0 Å². The summed E-state index contributed by atoms with van der Waals surface area (Å²) in [6, 6.07) is 8.01. The third kappa shape index (κ3) is 3.93. The van der Waals surface area contributed by atoms with Gasteiger partial charge in [0.25, 0.3) is 17.5 Å². The summed E-state index contributed by atoms with van der Waals surface area (Å²) < 4.78 is 5.70. The van der Waals surface area contributed by atoms with Crippen molar-refractivity contribution in [2.45, 2.75) is 13.0 Å². The van der Waals surface area contributed by atoms with E-state index >= 15 is 0 Å². The Labute approximate surface area is 202 Å². The average Bonchev–Trinajstić information content (AvgIpc) is 3.51.